The first kappa shape index (κ1) is 15.4. The van der Waals surface area contributed by atoms with Crippen molar-refractivity contribution in [2.45, 2.75) is 20.0 Å². The quantitative estimate of drug-likeness (QED) is 0.494. The molecule has 0 unspecified atom stereocenters. The van der Waals surface area contributed by atoms with Crippen molar-refractivity contribution in [1.29, 1.82) is 0 Å². The van der Waals surface area contributed by atoms with Gasteiger partial charge in [-0.05, 0) is 26.0 Å². The van der Waals surface area contributed by atoms with E-state index >= 15 is 0 Å². The van der Waals surface area contributed by atoms with E-state index in [0.29, 0.717) is 13.2 Å². The molecule has 7 heteroatoms. The van der Waals surface area contributed by atoms with Crippen LogP contribution in [0.5, 0.6) is 0 Å². The van der Waals surface area contributed by atoms with E-state index in [4.69, 9.17) is 16.3 Å². The Morgan fingerprint density at radius 1 is 1.53 bits per heavy atom. The van der Waals surface area contributed by atoms with Gasteiger partial charge in [-0.1, -0.05) is 11.6 Å². The zero-order valence-corrected chi connectivity index (χ0v) is 11.4. The van der Waals surface area contributed by atoms with E-state index in [0.717, 1.165) is 0 Å². The van der Waals surface area contributed by atoms with Crippen LogP contribution in [0.4, 0.5) is 5.69 Å². The van der Waals surface area contributed by atoms with Crippen LogP contribution in [0.3, 0.4) is 0 Å². The van der Waals surface area contributed by atoms with Crippen LogP contribution in [-0.2, 0) is 4.74 Å². The SMILES string of the molecule is CC(C)OCCNC(=O)c1ccc([N+](=O)[O-])c(Cl)c1. The van der Waals surface area contributed by atoms with E-state index in [1.807, 2.05) is 13.8 Å². The number of nitrogens with one attached hydrogen (secondary N) is 1. The Labute approximate surface area is 115 Å². The first-order valence-electron chi connectivity index (χ1n) is 5.75. The van der Waals surface area contributed by atoms with Crippen molar-refractivity contribution in [3.05, 3.63) is 38.9 Å². The van der Waals surface area contributed by atoms with Gasteiger partial charge in [0.05, 0.1) is 17.6 Å². The van der Waals surface area contributed by atoms with E-state index in [1.54, 1.807) is 0 Å². The van der Waals surface area contributed by atoms with Crippen molar-refractivity contribution in [1.82, 2.24) is 5.32 Å². The fourth-order valence-corrected chi connectivity index (χ4v) is 1.61. The zero-order valence-electron chi connectivity index (χ0n) is 10.7. The minimum Gasteiger partial charge on any atom is -0.377 e. The molecule has 0 heterocycles. The third-order valence-electron chi connectivity index (χ3n) is 2.25. The number of amides is 1. The fourth-order valence-electron chi connectivity index (χ4n) is 1.36. The Morgan fingerprint density at radius 3 is 2.74 bits per heavy atom. The Balaban J connectivity index is 2.58. The van der Waals surface area contributed by atoms with Crippen LogP contribution in [0.1, 0.15) is 24.2 Å². The molecule has 19 heavy (non-hydrogen) atoms. The van der Waals surface area contributed by atoms with Crippen LogP contribution in [0, 0.1) is 10.1 Å². The molecule has 0 aliphatic heterocycles. The minimum atomic E-state index is -0.597. The first-order chi connectivity index (χ1) is 8.91. The van der Waals surface area contributed by atoms with Crippen molar-refractivity contribution in [2.24, 2.45) is 0 Å². The Kier molecular flexibility index (Phi) is 5.72. The highest BCUT2D eigenvalue weighted by atomic mass is 35.5. The lowest BCUT2D eigenvalue weighted by molar-refractivity contribution is -0.384. The number of hydrogen-bond acceptors (Lipinski definition) is 4. The lowest BCUT2D eigenvalue weighted by atomic mass is 10.2. The summed E-state index contributed by atoms with van der Waals surface area (Å²) >= 11 is 5.72. The smallest absolute Gasteiger partial charge is 0.287 e. The number of hydrogen-bond donors (Lipinski definition) is 1. The number of ether oxygens (including phenoxy) is 1. The number of nitrogens with zero attached hydrogens (tertiary/aromatic N) is 1. The van der Waals surface area contributed by atoms with Gasteiger partial charge < -0.3 is 10.1 Å². The molecule has 1 rings (SSSR count). The summed E-state index contributed by atoms with van der Waals surface area (Å²) in [7, 11) is 0. The van der Waals surface area contributed by atoms with E-state index in [1.165, 1.54) is 18.2 Å². The summed E-state index contributed by atoms with van der Waals surface area (Å²) in [4.78, 5) is 21.7. The molecular weight excluding hydrogens is 272 g/mol. The summed E-state index contributed by atoms with van der Waals surface area (Å²) < 4.78 is 5.27. The molecule has 0 atom stereocenters. The average Bonchev–Trinajstić information content (AvgIpc) is 2.33. The van der Waals surface area contributed by atoms with Crippen molar-refractivity contribution in [3.63, 3.8) is 0 Å². The molecule has 6 nitrogen and oxygen atoms in total. The molecule has 0 saturated heterocycles. The van der Waals surface area contributed by atoms with Crippen LogP contribution in [0.2, 0.25) is 5.02 Å². The van der Waals surface area contributed by atoms with Gasteiger partial charge in [-0.3, -0.25) is 14.9 Å². The number of halogens is 1. The molecule has 104 valence electrons. The molecule has 0 saturated carbocycles. The maximum absolute atomic E-state index is 11.7. The third-order valence-corrected chi connectivity index (χ3v) is 2.55. The van der Waals surface area contributed by atoms with Crippen molar-refractivity contribution < 1.29 is 14.5 Å². The van der Waals surface area contributed by atoms with E-state index in [2.05, 4.69) is 5.32 Å². The van der Waals surface area contributed by atoms with Crippen LogP contribution in [-0.4, -0.2) is 30.1 Å². The highest BCUT2D eigenvalue weighted by Gasteiger charge is 2.14. The number of nitro groups is 1. The Hall–Kier alpha value is -1.66. The fraction of sp³-hybridized carbons (Fsp3) is 0.417. The second-order valence-electron chi connectivity index (χ2n) is 4.10. The second-order valence-corrected chi connectivity index (χ2v) is 4.51. The molecule has 1 N–H and O–H groups in total. The molecule has 0 aliphatic rings. The first-order valence-corrected chi connectivity index (χ1v) is 6.13. The van der Waals surface area contributed by atoms with Crippen LogP contribution >= 0.6 is 11.6 Å². The summed E-state index contributed by atoms with van der Waals surface area (Å²) in [5, 5.41) is 13.2. The summed E-state index contributed by atoms with van der Waals surface area (Å²) in [5.41, 5.74) is 0.0569. The van der Waals surface area contributed by atoms with Gasteiger partial charge in [0, 0.05) is 18.2 Å². The molecule has 0 spiro atoms. The molecule has 0 radical (unpaired) electrons. The van der Waals surface area contributed by atoms with Gasteiger partial charge in [0.25, 0.3) is 11.6 Å². The predicted octanol–water partition coefficient (Wildman–Crippen LogP) is 2.40. The highest BCUT2D eigenvalue weighted by Crippen LogP contribution is 2.24. The molecule has 1 aromatic rings. The summed E-state index contributed by atoms with van der Waals surface area (Å²) in [6.07, 6.45) is 0.103. The predicted molar refractivity (Wildman–Crippen MR) is 71.5 cm³/mol. The van der Waals surface area contributed by atoms with E-state index in [-0.39, 0.29) is 28.3 Å². The summed E-state index contributed by atoms with van der Waals surface area (Å²) in [6.45, 7) is 4.57. The normalized spacial score (nSPS) is 10.5. The molecule has 1 amide bonds. The number of benzene rings is 1. The molecule has 0 fully saturated rings. The van der Waals surface area contributed by atoms with Gasteiger partial charge in [0.15, 0.2) is 0 Å². The van der Waals surface area contributed by atoms with Crippen molar-refractivity contribution >= 4 is 23.2 Å². The lowest BCUT2D eigenvalue weighted by Crippen LogP contribution is -2.28. The van der Waals surface area contributed by atoms with Crippen LogP contribution in [0.25, 0.3) is 0 Å². The maximum atomic E-state index is 11.7. The summed E-state index contributed by atoms with van der Waals surface area (Å²) in [6, 6.07) is 3.85. The minimum absolute atomic E-state index is 0.0592. The van der Waals surface area contributed by atoms with Gasteiger partial charge in [-0.2, -0.15) is 0 Å². The molecule has 1 aromatic carbocycles. The second kappa shape index (κ2) is 7.06. The summed E-state index contributed by atoms with van der Waals surface area (Å²) in [5.74, 6) is -0.343. The maximum Gasteiger partial charge on any atom is 0.287 e. The van der Waals surface area contributed by atoms with Gasteiger partial charge in [0.2, 0.25) is 0 Å². The molecular formula is C12H15ClN2O4. The zero-order chi connectivity index (χ0) is 14.4. The Morgan fingerprint density at radius 2 is 2.21 bits per heavy atom. The van der Waals surface area contributed by atoms with E-state index in [9.17, 15) is 14.9 Å². The molecule has 0 aliphatic carbocycles. The van der Waals surface area contributed by atoms with Crippen LogP contribution in [0.15, 0.2) is 18.2 Å². The van der Waals surface area contributed by atoms with E-state index < -0.39 is 4.92 Å². The molecule has 0 aromatic heterocycles. The molecule has 0 bridgehead atoms. The van der Waals surface area contributed by atoms with Crippen LogP contribution < -0.4 is 5.32 Å². The largest absolute Gasteiger partial charge is 0.377 e. The monoisotopic (exact) mass is 286 g/mol. The van der Waals surface area contributed by atoms with Gasteiger partial charge in [-0.25, -0.2) is 0 Å². The van der Waals surface area contributed by atoms with Gasteiger partial charge in [0.1, 0.15) is 5.02 Å². The highest BCUT2D eigenvalue weighted by molar-refractivity contribution is 6.33. The van der Waals surface area contributed by atoms with Crippen molar-refractivity contribution in [3.8, 4) is 0 Å². The average molecular weight is 287 g/mol. The topological polar surface area (TPSA) is 81.5 Å². The van der Waals surface area contributed by atoms with Gasteiger partial charge in [-0.15, -0.1) is 0 Å². The third kappa shape index (κ3) is 4.84. The number of rotatable bonds is 6. The standard InChI is InChI=1S/C12H15ClN2O4/c1-8(2)19-6-5-14-12(16)9-3-4-11(15(17)18)10(13)7-9/h3-4,7-8H,5-6H2,1-2H3,(H,14,16). The Bertz CT molecular complexity index is 477. The number of carbonyl (C=O) groups excluding carboxylic acids is 1. The number of nitro benzene ring substituents is 1. The lowest BCUT2D eigenvalue weighted by Gasteiger charge is -2.08. The van der Waals surface area contributed by atoms with Crippen molar-refractivity contribution in [2.75, 3.05) is 13.2 Å². The number of carbonyl (C=O) groups is 1. The van der Waals surface area contributed by atoms with Gasteiger partial charge >= 0.3 is 0 Å².